The molecule has 11 heteroatoms. The van der Waals surface area contributed by atoms with Gasteiger partial charge in [0.1, 0.15) is 18.0 Å². The smallest absolute Gasteiger partial charge is 0.433 e. The summed E-state index contributed by atoms with van der Waals surface area (Å²) in [7, 11) is 1.54. The van der Waals surface area contributed by atoms with E-state index in [2.05, 4.69) is 5.10 Å². The molecule has 0 spiro atoms. The number of halogens is 4. The van der Waals surface area contributed by atoms with Crippen molar-refractivity contribution in [1.82, 2.24) is 14.5 Å². The Bertz CT molecular complexity index is 1290. The van der Waals surface area contributed by atoms with Gasteiger partial charge in [0.25, 0.3) is 5.91 Å². The number of alkyl halides is 3. The van der Waals surface area contributed by atoms with E-state index in [1.54, 1.807) is 37.4 Å². The number of hydrogen-bond donors (Lipinski definition) is 0. The molecule has 2 fully saturated rings. The lowest BCUT2D eigenvalue weighted by Crippen LogP contribution is -2.52. The van der Waals surface area contributed by atoms with Gasteiger partial charge in [-0.05, 0) is 60.7 Å². The number of amides is 2. The van der Waals surface area contributed by atoms with Crippen molar-refractivity contribution in [2.45, 2.75) is 24.9 Å². The fourth-order valence-corrected chi connectivity index (χ4v) is 4.41. The van der Waals surface area contributed by atoms with Crippen LogP contribution in [-0.2, 0) is 11.0 Å². The van der Waals surface area contributed by atoms with Gasteiger partial charge >= 0.3 is 6.18 Å². The molecular weight excluding hydrogens is 473 g/mol. The largest absolute Gasteiger partial charge is 0.497 e. The second-order valence-corrected chi connectivity index (χ2v) is 8.75. The van der Waals surface area contributed by atoms with Crippen LogP contribution in [0.25, 0.3) is 5.52 Å². The number of pyridine rings is 1. The Morgan fingerprint density at radius 2 is 1.85 bits per heavy atom. The SMILES string of the molecule is COc1ccc(N2CCN(C(=O)c3nn4c(C(F)(F)F)cc(C5CC5)cc4c3Cl)CC2=O)cc1. The van der Waals surface area contributed by atoms with Gasteiger partial charge in [-0.1, -0.05) is 11.6 Å². The van der Waals surface area contributed by atoms with Crippen LogP contribution in [0.4, 0.5) is 18.9 Å². The minimum absolute atomic E-state index is 0.0323. The van der Waals surface area contributed by atoms with Gasteiger partial charge in [-0.2, -0.15) is 18.3 Å². The van der Waals surface area contributed by atoms with Crippen LogP contribution in [0.15, 0.2) is 36.4 Å². The summed E-state index contributed by atoms with van der Waals surface area (Å²) in [6.45, 7) is 0.163. The summed E-state index contributed by atoms with van der Waals surface area (Å²) in [5.74, 6) is -0.302. The predicted octanol–water partition coefficient (Wildman–Crippen LogP) is 4.38. The molecular formula is C23H20ClF3N4O3. The first-order chi connectivity index (χ1) is 16.2. The normalized spacial score (nSPS) is 16.9. The fourth-order valence-electron chi connectivity index (χ4n) is 4.16. The number of carbonyl (C=O) groups is 2. The van der Waals surface area contributed by atoms with Crippen molar-refractivity contribution in [2.24, 2.45) is 0 Å². The number of aromatic nitrogens is 2. The number of piperazine rings is 1. The number of benzene rings is 1. The maximum absolute atomic E-state index is 13.7. The molecule has 3 heterocycles. The minimum atomic E-state index is -4.67. The molecule has 1 aromatic carbocycles. The molecule has 7 nitrogen and oxygen atoms in total. The summed E-state index contributed by atoms with van der Waals surface area (Å²) < 4.78 is 47.0. The molecule has 0 radical (unpaired) electrons. The van der Waals surface area contributed by atoms with Crippen molar-refractivity contribution in [1.29, 1.82) is 0 Å². The van der Waals surface area contributed by atoms with Crippen LogP contribution >= 0.6 is 11.6 Å². The second-order valence-electron chi connectivity index (χ2n) is 8.38. The Morgan fingerprint density at radius 3 is 2.44 bits per heavy atom. The molecule has 0 atom stereocenters. The van der Waals surface area contributed by atoms with E-state index in [1.807, 2.05) is 0 Å². The van der Waals surface area contributed by atoms with E-state index in [9.17, 15) is 22.8 Å². The number of ether oxygens (including phenoxy) is 1. The summed E-state index contributed by atoms with van der Waals surface area (Å²) in [5, 5.41) is 3.78. The van der Waals surface area contributed by atoms with E-state index in [0.29, 0.717) is 21.5 Å². The highest BCUT2D eigenvalue weighted by molar-refractivity contribution is 6.36. The third-order valence-corrected chi connectivity index (χ3v) is 6.50. The highest BCUT2D eigenvalue weighted by Crippen LogP contribution is 2.43. The van der Waals surface area contributed by atoms with Crippen molar-refractivity contribution in [3.05, 3.63) is 58.4 Å². The quantitative estimate of drug-likeness (QED) is 0.542. The molecule has 0 bridgehead atoms. The van der Waals surface area contributed by atoms with Gasteiger partial charge in [-0.3, -0.25) is 9.59 Å². The van der Waals surface area contributed by atoms with Crippen molar-refractivity contribution in [3.63, 3.8) is 0 Å². The van der Waals surface area contributed by atoms with Crippen LogP contribution in [0.3, 0.4) is 0 Å². The van der Waals surface area contributed by atoms with Crippen molar-refractivity contribution in [3.8, 4) is 5.75 Å². The molecule has 5 rings (SSSR count). The highest BCUT2D eigenvalue weighted by Gasteiger charge is 2.38. The van der Waals surface area contributed by atoms with Crippen LogP contribution in [0, 0.1) is 0 Å². The van der Waals surface area contributed by atoms with E-state index in [1.165, 1.54) is 9.80 Å². The van der Waals surface area contributed by atoms with Gasteiger partial charge in [-0.15, -0.1) is 0 Å². The molecule has 1 saturated heterocycles. The van der Waals surface area contributed by atoms with Gasteiger partial charge in [-0.25, -0.2) is 4.52 Å². The third-order valence-electron chi connectivity index (χ3n) is 6.13. The Balaban J connectivity index is 1.42. The molecule has 2 aliphatic rings. The Hall–Kier alpha value is -3.27. The molecule has 178 valence electrons. The monoisotopic (exact) mass is 492 g/mol. The first kappa shape index (κ1) is 22.5. The number of rotatable bonds is 4. The lowest BCUT2D eigenvalue weighted by atomic mass is 10.1. The summed E-state index contributed by atoms with van der Waals surface area (Å²) in [5.41, 5.74) is -0.0565. The standard InChI is InChI=1S/C23H20ClF3N4O3/c1-34-16-6-4-15(5-7-16)30-9-8-29(12-19(30)32)22(33)21-20(24)17-10-14(13-2-3-13)11-18(23(25,26)27)31(17)28-21/h4-7,10-11,13H,2-3,8-9,12H2,1H3. The average Bonchev–Trinajstić information content (AvgIpc) is 3.61. The molecule has 3 aromatic rings. The zero-order valence-corrected chi connectivity index (χ0v) is 18.9. The first-order valence-electron chi connectivity index (χ1n) is 10.7. The maximum Gasteiger partial charge on any atom is 0.433 e. The number of methoxy groups -OCH3 is 1. The van der Waals surface area contributed by atoms with E-state index in [0.717, 1.165) is 18.9 Å². The number of carbonyl (C=O) groups excluding carboxylic acids is 2. The summed E-state index contributed by atoms with van der Waals surface area (Å²) in [6.07, 6.45) is -3.05. The fraction of sp³-hybridized carbons (Fsp3) is 0.348. The zero-order chi connectivity index (χ0) is 24.2. The molecule has 1 aliphatic heterocycles. The third kappa shape index (κ3) is 3.96. The van der Waals surface area contributed by atoms with Crippen LogP contribution < -0.4 is 9.64 Å². The average molecular weight is 493 g/mol. The van der Waals surface area contributed by atoms with Crippen LogP contribution in [0.1, 0.15) is 40.5 Å². The minimum Gasteiger partial charge on any atom is -0.497 e. The Labute approximate surface area is 197 Å². The van der Waals surface area contributed by atoms with Crippen LogP contribution in [0.5, 0.6) is 5.75 Å². The van der Waals surface area contributed by atoms with E-state index in [-0.39, 0.29) is 47.7 Å². The molecule has 1 saturated carbocycles. The number of fused-ring (bicyclic) bond motifs is 1. The molecule has 0 N–H and O–H groups in total. The summed E-state index contributed by atoms with van der Waals surface area (Å²) >= 11 is 6.37. The van der Waals surface area contributed by atoms with Gasteiger partial charge < -0.3 is 14.5 Å². The lowest BCUT2D eigenvalue weighted by molar-refractivity contribution is -0.142. The van der Waals surface area contributed by atoms with E-state index in [4.69, 9.17) is 16.3 Å². The highest BCUT2D eigenvalue weighted by atomic mass is 35.5. The van der Waals surface area contributed by atoms with E-state index >= 15 is 0 Å². The zero-order valence-electron chi connectivity index (χ0n) is 18.1. The van der Waals surface area contributed by atoms with Gasteiger partial charge in [0, 0.05) is 18.8 Å². The number of hydrogen-bond acceptors (Lipinski definition) is 4. The molecule has 0 unspecified atom stereocenters. The summed E-state index contributed by atoms with van der Waals surface area (Å²) in [4.78, 5) is 28.7. The van der Waals surface area contributed by atoms with Gasteiger partial charge in [0.15, 0.2) is 5.69 Å². The van der Waals surface area contributed by atoms with E-state index < -0.39 is 17.8 Å². The van der Waals surface area contributed by atoms with Crippen molar-refractivity contribution in [2.75, 3.05) is 31.6 Å². The number of anilines is 1. The maximum atomic E-state index is 13.7. The van der Waals surface area contributed by atoms with Crippen molar-refractivity contribution >= 4 is 34.6 Å². The lowest BCUT2D eigenvalue weighted by Gasteiger charge is -2.34. The number of nitrogens with zero attached hydrogens (tertiary/aromatic N) is 4. The van der Waals surface area contributed by atoms with Gasteiger partial charge in [0.05, 0.1) is 17.6 Å². The second kappa shape index (κ2) is 8.19. The van der Waals surface area contributed by atoms with Gasteiger partial charge in [0.2, 0.25) is 5.91 Å². The summed E-state index contributed by atoms with van der Waals surface area (Å²) in [6, 6.07) is 9.56. The topological polar surface area (TPSA) is 67.2 Å². The first-order valence-corrected chi connectivity index (χ1v) is 11.1. The Kier molecular flexibility index (Phi) is 5.43. The molecule has 34 heavy (non-hydrogen) atoms. The molecule has 2 amide bonds. The van der Waals surface area contributed by atoms with Crippen LogP contribution in [-0.4, -0.2) is 53.1 Å². The molecule has 1 aliphatic carbocycles. The predicted molar refractivity (Wildman–Crippen MR) is 118 cm³/mol. The Morgan fingerprint density at radius 1 is 1.15 bits per heavy atom. The molecule has 2 aromatic heterocycles. The van der Waals surface area contributed by atoms with Crippen molar-refractivity contribution < 1.29 is 27.5 Å². The van der Waals surface area contributed by atoms with Crippen LogP contribution in [0.2, 0.25) is 5.02 Å².